The highest BCUT2D eigenvalue weighted by Crippen LogP contribution is 2.26. The molecule has 1 atom stereocenters. The molecule has 4 heteroatoms. The van der Waals surface area contributed by atoms with Gasteiger partial charge in [0.2, 0.25) is 0 Å². The fraction of sp³-hybridized carbons (Fsp3) is 0.409. The molecule has 138 valence electrons. The predicted molar refractivity (Wildman–Crippen MR) is 103 cm³/mol. The molecule has 3 rings (SSSR count). The molecule has 4 nitrogen and oxygen atoms in total. The summed E-state index contributed by atoms with van der Waals surface area (Å²) >= 11 is 0. The highest BCUT2D eigenvalue weighted by Gasteiger charge is 2.19. The SMILES string of the molecule is CC[C@@H](Oc1ccc2c(c1)CCCC2)C(=O)NCc1ccc(OC)cc1. The van der Waals surface area contributed by atoms with Crippen molar-refractivity contribution in [3.05, 3.63) is 59.2 Å². The third-order valence-corrected chi connectivity index (χ3v) is 4.89. The average molecular weight is 353 g/mol. The van der Waals surface area contributed by atoms with Crippen molar-refractivity contribution in [2.24, 2.45) is 0 Å². The minimum Gasteiger partial charge on any atom is -0.497 e. The zero-order chi connectivity index (χ0) is 18.4. The zero-order valence-electron chi connectivity index (χ0n) is 15.6. The molecule has 0 unspecified atom stereocenters. The normalized spacial score (nSPS) is 14.2. The highest BCUT2D eigenvalue weighted by atomic mass is 16.5. The maximum absolute atomic E-state index is 12.5. The summed E-state index contributed by atoms with van der Waals surface area (Å²) in [6.07, 6.45) is 4.90. The van der Waals surface area contributed by atoms with Crippen molar-refractivity contribution in [1.82, 2.24) is 5.32 Å². The summed E-state index contributed by atoms with van der Waals surface area (Å²) in [6.45, 7) is 2.45. The molecule has 0 saturated heterocycles. The van der Waals surface area contributed by atoms with Gasteiger partial charge < -0.3 is 14.8 Å². The first-order chi connectivity index (χ1) is 12.7. The van der Waals surface area contributed by atoms with Gasteiger partial charge in [-0.3, -0.25) is 4.79 Å². The lowest BCUT2D eigenvalue weighted by atomic mass is 9.92. The van der Waals surface area contributed by atoms with E-state index in [1.54, 1.807) is 7.11 Å². The van der Waals surface area contributed by atoms with Crippen LogP contribution in [0.5, 0.6) is 11.5 Å². The molecule has 1 aliphatic rings. The van der Waals surface area contributed by atoms with Crippen LogP contribution < -0.4 is 14.8 Å². The zero-order valence-corrected chi connectivity index (χ0v) is 15.6. The van der Waals surface area contributed by atoms with Gasteiger partial charge in [0.15, 0.2) is 6.10 Å². The molecule has 0 fully saturated rings. The Morgan fingerprint density at radius 3 is 2.42 bits per heavy atom. The van der Waals surface area contributed by atoms with Crippen molar-refractivity contribution in [3.63, 3.8) is 0 Å². The molecule has 0 aromatic heterocycles. The van der Waals surface area contributed by atoms with Crippen LogP contribution in [0.25, 0.3) is 0 Å². The van der Waals surface area contributed by atoms with Crippen LogP contribution in [0.4, 0.5) is 0 Å². The van der Waals surface area contributed by atoms with Gasteiger partial charge in [-0.2, -0.15) is 0 Å². The van der Waals surface area contributed by atoms with Crippen LogP contribution >= 0.6 is 0 Å². The van der Waals surface area contributed by atoms with Gasteiger partial charge in [0.25, 0.3) is 5.91 Å². The van der Waals surface area contributed by atoms with Crippen LogP contribution in [-0.2, 0) is 24.2 Å². The van der Waals surface area contributed by atoms with E-state index in [2.05, 4.69) is 17.4 Å². The van der Waals surface area contributed by atoms with Gasteiger partial charge in [-0.1, -0.05) is 25.1 Å². The van der Waals surface area contributed by atoms with Crippen molar-refractivity contribution < 1.29 is 14.3 Å². The van der Waals surface area contributed by atoms with Crippen LogP contribution in [0.3, 0.4) is 0 Å². The molecule has 0 spiro atoms. The first-order valence-electron chi connectivity index (χ1n) is 9.38. The van der Waals surface area contributed by atoms with Crippen molar-refractivity contribution >= 4 is 5.91 Å². The number of rotatable bonds is 7. The first-order valence-corrected chi connectivity index (χ1v) is 9.38. The number of benzene rings is 2. The minimum absolute atomic E-state index is 0.0824. The summed E-state index contributed by atoms with van der Waals surface area (Å²) in [4.78, 5) is 12.5. The lowest BCUT2D eigenvalue weighted by Gasteiger charge is -2.20. The summed E-state index contributed by atoms with van der Waals surface area (Å²) in [7, 11) is 1.64. The van der Waals surface area contributed by atoms with E-state index in [1.807, 2.05) is 37.3 Å². The number of aryl methyl sites for hydroxylation is 2. The van der Waals surface area contributed by atoms with E-state index in [0.717, 1.165) is 29.9 Å². The first kappa shape index (κ1) is 18.3. The second kappa shape index (κ2) is 8.75. The molecule has 0 saturated carbocycles. The molecule has 0 heterocycles. The summed E-state index contributed by atoms with van der Waals surface area (Å²) < 4.78 is 11.1. The quantitative estimate of drug-likeness (QED) is 0.817. The number of ether oxygens (including phenoxy) is 2. The van der Waals surface area contributed by atoms with Gasteiger partial charge >= 0.3 is 0 Å². The fourth-order valence-corrected chi connectivity index (χ4v) is 3.32. The number of amides is 1. The maximum Gasteiger partial charge on any atom is 0.261 e. The lowest BCUT2D eigenvalue weighted by molar-refractivity contribution is -0.128. The monoisotopic (exact) mass is 353 g/mol. The maximum atomic E-state index is 12.5. The van der Waals surface area contributed by atoms with Crippen LogP contribution in [-0.4, -0.2) is 19.1 Å². The molecule has 2 aromatic rings. The average Bonchev–Trinajstić information content (AvgIpc) is 2.70. The Morgan fingerprint density at radius 2 is 1.73 bits per heavy atom. The van der Waals surface area contributed by atoms with E-state index >= 15 is 0 Å². The minimum atomic E-state index is -0.477. The number of methoxy groups -OCH3 is 1. The molecule has 2 aromatic carbocycles. The standard InChI is InChI=1S/C22H27NO3/c1-3-21(22(24)23-15-16-8-11-19(25-2)12-9-16)26-20-13-10-17-6-4-5-7-18(17)14-20/h8-14,21H,3-7,15H2,1-2H3,(H,23,24)/t21-/m1/s1. The van der Waals surface area contributed by atoms with E-state index in [-0.39, 0.29) is 5.91 Å². The number of carbonyl (C=O) groups excluding carboxylic acids is 1. The van der Waals surface area contributed by atoms with Crippen molar-refractivity contribution in [2.75, 3.05) is 7.11 Å². The number of nitrogens with one attached hydrogen (secondary N) is 1. The van der Waals surface area contributed by atoms with E-state index in [1.165, 1.54) is 24.0 Å². The van der Waals surface area contributed by atoms with Crippen molar-refractivity contribution in [3.8, 4) is 11.5 Å². The van der Waals surface area contributed by atoms with Gasteiger partial charge in [0, 0.05) is 6.54 Å². The Kier molecular flexibility index (Phi) is 6.16. The molecular formula is C22H27NO3. The van der Waals surface area contributed by atoms with E-state index in [0.29, 0.717) is 13.0 Å². The summed E-state index contributed by atoms with van der Waals surface area (Å²) in [5, 5.41) is 2.97. The second-order valence-electron chi connectivity index (χ2n) is 6.72. The van der Waals surface area contributed by atoms with Gasteiger partial charge in [-0.05, 0) is 73.1 Å². The second-order valence-corrected chi connectivity index (χ2v) is 6.72. The summed E-state index contributed by atoms with van der Waals surface area (Å²) in [6, 6.07) is 13.9. The van der Waals surface area contributed by atoms with Crippen molar-refractivity contribution in [2.45, 2.75) is 51.7 Å². The Morgan fingerprint density at radius 1 is 1.04 bits per heavy atom. The Bertz CT molecular complexity index is 740. The smallest absolute Gasteiger partial charge is 0.261 e. The predicted octanol–water partition coefficient (Wildman–Crippen LogP) is 4.05. The number of hydrogen-bond donors (Lipinski definition) is 1. The largest absolute Gasteiger partial charge is 0.497 e. The number of fused-ring (bicyclic) bond motifs is 1. The molecule has 0 radical (unpaired) electrons. The molecule has 1 amide bonds. The molecular weight excluding hydrogens is 326 g/mol. The Labute approximate surface area is 155 Å². The lowest BCUT2D eigenvalue weighted by Crippen LogP contribution is -2.37. The number of hydrogen-bond acceptors (Lipinski definition) is 3. The number of carbonyl (C=O) groups is 1. The third kappa shape index (κ3) is 4.57. The summed E-state index contributed by atoms with van der Waals surface area (Å²) in [5.41, 5.74) is 3.81. The molecule has 26 heavy (non-hydrogen) atoms. The molecule has 1 N–H and O–H groups in total. The molecule has 0 aliphatic heterocycles. The topological polar surface area (TPSA) is 47.6 Å². The van der Waals surface area contributed by atoms with Gasteiger partial charge in [0.1, 0.15) is 11.5 Å². The third-order valence-electron chi connectivity index (χ3n) is 4.89. The van der Waals surface area contributed by atoms with Gasteiger partial charge in [0.05, 0.1) is 7.11 Å². The van der Waals surface area contributed by atoms with E-state index < -0.39 is 6.10 Å². The van der Waals surface area contributed by atoms with Crippen LogP contribution in [0.1, 0.15) is 42.9 Å². The van der Waals surface area contributed by atoms with Crippen LogP contribution in [0.2, 0.25) is 0 Å². The van der Waals surface area contributed by atoms with E-state index in [4.69, 9.17) is 9.47 Å². The van der Waals surface area contributed by atoms with Gasteiger partial charge in [-0.25, -0.2) is 0 Å². The Balaban J connectivity index is 1.58. The van der Waals surface area contributed by atoms with E-state index in [9.17, 15) is 4.79 Å². The van der Waals surface area contributed by atoms with Crippen LogP contribution in [0.15, 0.2) is 42.5 Å². The van der Waals surface area contributed by atoms with Crippen molar-refractivity contribution in [1.29, 1.82) is 0 Å². The molecule has 0 bridgehead atoms. The fourth-order valence-electron chi connectivity index (χ4n) is 3.32. The Hall–Kier alpha value is -2.49. The summed E-state index contributed by atoms with van der Waals surface area (Å²) in [5.74, 6) is 1.51. The van der Waals surface area contributed by atoms with Crippen LogP contribution in [0, 0.1) is 0 Å². The highest BCUT2D eigenvalue weighted by molar-refractivity contribution is 5.81. The van der Waals surface area contributed by atoms with Gasteiger partial charge in [-0.15, -0.1) is 0 Å². The molecule has 1 aliphatic carbocycles.